The molecular formula is C15H17N5O. The van der Waals surface area contributed by atoms with Crippen LogP contribution in [0.4, 0.5) is 5.82 Å². The molecule has 0 aromatic carbocycles. The summed E-state index contributed by atoms with van der Waals surface area (Å²) >= 11 is 0. The van der Waals surface area contributed by atoms with Crippen LogP contribution in [-0.4, -0.2) is 34.1 Å². The zero-order valence-corrected chi connectivity index (χ0v) is 11.6. The Balaban J connectivity index is 1.83. The number of anilines is 1. The summed E-state index contributed by atoms with van der Waals surface area (Å²) in [5, 5.41) is 5.35. The summed E-state index contributed by atoms with van der Waals surface area (Å²) in [7, 11) is 0. The number of nitrogens with zero attached hydrogens (tertiary/aromatic N) is 2. The molecule has 0 bridgehead atoms. The average molecular weight is 283 g/mol. The number of pyridine rings is 2. The van der Waals surface area contributed by atoms with Crippen LogP contribution in [0.25, 0.3) is 21.9 Å². The van der Waals surface area contributed by atoms with Gasteiger partial charge in [0, 0.05) is 18.1 Å². The third-order valence-electron chi connectivity index (χ3n) is 3.91. The summed E-state index contributed by atoms with van der Waals surface area (Å²) in [6, 6.07) is 3.78. The van der Waals surface area contributed by atoms with E-state index in [1.807, 2.05) is 12.1 Å². The summed E-state index contributed by atoms with van der Waals surface area (Å²) < 4.78 is 6.19. The van der Waals surface area contributed by atoms with Gasteiger partial charge in [-0.15, -0.1) is 0 Å². The molecule has 6 nitrogen and oxygen atoms in total. The lowest BCUT2D eigenvalue weighted by Gasteiger charge is -2.24. The van der Waals surface area contributed by atoms with Crippen molar-refractivity contribution < 1.29 is 4.74 Å². The lowest BCUT2D eigenvalue weighted by atomic mass is 10.1. The van der Waals surface area contributed by atoms with Crippen LogP contribution in [0.3, 0.4) is 0 Å². The van der Waals surface area contributed by atoms with Gasteiger partial charge >= 0.3 is 0 Å². The summed E-state index contributed by atoms with van der Waals surface area (Å²) in [4.78, 5) is 11.8. The van der Waals surface area contributed by atoms with Crippen LogP contribution in [-0.2, 0) is 0 Å². The van der Waals surface area contributed by atoms with Gasteiger partial charge in [-0.1, -0.05) is 0 Å². The molecule has 4 N–H and O–H groups in total. The Kier molecular flexibility index (Phi) is 2.89. The van der Waals surface area contributed by atoms with Crippen molar-refractivity contribution in [2.75, 3.05) is 18.8 Å². The van der Waals surface area contributed by atoms with Gasteiger partial charge in [-0.05, 0) is 31.5 Å². The highest BCUT2D eigenvalue weighted by molar-refractivity contribution is 6.09. The second-order valence-electron chi connectivity index (χ2n) is 5.40. The zero-order chi connectivity index (χ0) is 14.2. The monoisotopic (exact) mass is 283 g/mol. The molecule has 0 saturated carbocycles. The van der Waals surface area contributed by atoms with Crippen molar-refractivity contribution in [1.82, 2.24) is 20.3 Å². The Bertz CT molecular complexity index is 791. The van der Waals surface area contributed by atoms with E-state index in [1.54, 1.807) is 12.4 Å². The molecule has 1 saturated heterocycles. The number of nitrogen functional groups attached to an aromatic ring is 1. The summed E-state index contributed by atoms with van der Waals surface area (Å²) in [5.41, 5.74) is 7.54. The Morgan fingerprint density at radius 3 is 3.14 bits per heavy atom. The molecule has 3 aromatic heterocycles. The molecule has 0 radical (unpaired) electrons. The number of piperidine rings is 1. The van der Waals surface area contributed by atoms with E-state index >= 15 is 0 Å². The molecule has 3 aromatic rings. The third-order valence-corrected chi connectivity index (χ3v) is 3.91. The van der Waals surface area contributed by atoms with E-state index in [0.29, 0.717) is 5.82 Å². The maximum atomic E-state index is 6.19. The average Bonchev–Trinajstić information content (AvgIpc) is 2.87. The third kappa shape index (κ3) is 2.17. The van der Waals surface area contributed by atoms with Crippen molar-refractivity contribution in [3.8, 4) is 5.75 Å². The van der Waals surface area contributed by atoms with Gasteiger partial charge in [-0.25, -0.2) is 9.97 Å². The molecule has 1 aliphatic rings. The first kappa shape index (κ1) is 12.4. The Morgan fingerprint density at radius 2 is 2.29 bits per heavy atom. The first-order valence-electron chi connectivity index (χ1n) is 7.20. The first-order valence-corrected chi connectivity index (χ1v) is 7.20. The maximum absolute atomic E-state index is 6.19. The van der Waals surface area contributed by atoms with E-state index in [1.165, 1.54) is 0 Å². The van der Waals surface area contributed by atoms with Crippen LogP contribution in [0.1, 0.15) is 12.8 Å². The largest absolute Gasteiger partial charge is 0.488 e. The molecule has 4 rings (SSSR count). The minimum atomic E-state index is 0.202. The first-order chi connectivity index (χ1) is 10.3. The standard InChI is InChI=1S/C15H17N5O/c16-13-6-10-11(8-19-13)20-15-14(10)12(3-5-18-15)21-9-2-1-4-17-7-9/h3,5-6,8-9,17H,1-2,4,7H2,(H2,16,19)(H,18,20)/t9-/m1/s1. The molecule has 108 valence electrons. The van der Waals surface area contributed by atoms with E-state index in [0.717, 1.165) is 53.6 Å². The van der Waals surface area contributed by atoms with Crippen molar-refractivity contribution in [2.45, 2.75) is 18.9 Å². The molecule has 0 aliphatic carbocycles. The van der Waals surface area contributed by atoms with Crippen molar-refractivity contribution in [2.24, 2.45) is 0 Å². The van der Waals surface area contributed by atoms with E-state index < -0.39 is 0 Å². The lowest BCUT2D eigenvalue weighted by Crippen LogP contribution is -2.37. The van der Waals surface area contributed by atoms with Crippen LogP contribution in [0.2, 0.25) is 0 Å². The van der Waals surface area contributed by atoms with Gasteiger partial charge in [-0.2, -0.15) is 0 Å². The summed E-state index contributed by atoms with van der Waals surface area (Å²) in [6.07, 6.45) is 5.92. The SMILES string of the molecule is Nc1cc2c(cn1)[nH]c1nccc(O[C@@H]3CCCNC3)c12. The Labute approximate surface area is 121 Å². The Morgan fingerprint density at radius 1 is 1.33 bits per heavy atom. The van der Waals surface area contributed by atoms with Crippen LogP contribution < -0.4 is 15.8 Å². The number of hydrogen-bond acceptors (Lipinski definition) is 5. The quantitative estimate of drug-likeness (QED) is 0.667. The van der Waals surface area contributed by atoms with Crippen molar-refractivity contribution in [1.29, 1.82) is 0 Å². The number of H-pyrrole nitrogens is 1. The molecule has 0 spiro atoms. The van der Waals surface area contributed by atoms with E-state index in [-0.39, 0.29) is 6.10 Å². The smallest absolute Gasteiger partial charge is 0.142 e. The van der Waals surface area contributed by atoms with Crippen molar-refractivity contribution in [3.63, 3.8) is 0 Å². The molecule has 1 atom stereocenters. The molecule has 0 amide bonds. The summed E-state index contributed by atoms with van der Waals surface area (Å²) in [6.45, 7) is 1.96. The van der Waals surface area contributed by atoms with Crippen molar-refractivity contribution in [3.05, 3.63) is 24.5 Å². The fourth-order valence-electron chi connectivity index (χ4n) is 2.90. The highest BCUT2D eigenvalue weighted by Gasteiger charge is 2.18. The van der Waals surface area contributed by atoms with Crippen molar-refractivity contribution >= 4 is 27.8 Å². The fraction of sp³-hybridized carbons (Fsp3) is 0.333. The number of aromatic amines is 1. The molecule has 21 heavy (non-hydrogen) atoms. The number of fused-ring (bicyclic) bond motifs is 3. The van der Waals surface area contributed by atoms with Gasteiger partial charge in [0.25, 0.3) is 0 Å². The number of aromatic nitrogens is 3. The van der Waals surface area contributed by atoms with E-state index in [4.69, 9.17) is 10.5 Å². The lowest BCUT2D eigenvalue weighted by molar-refractivity contribution is 0.169. The number of ether oxygens (including phenoxy) is 1. The number of hydrogen-bond donors (Lipinski definition) is 3. The highest BCUT2D eigenvalue weighted by atomic mass is 16.5. The van der Waals surface area contributed by atoms with Crippen LogP contribution in [0.15, 0.2) is 24.5 Å². The molecule has 6 heteroatoms. The molecule has 1 fully saturated rings. The molecule has 4 heterocycles. The number of nitrogens with one attached hydrogen (secondary N) is 2. The fourth-order valence-corrected chi connectivity index (χ4v) is 2.90. The van der Waals surface area contributed by atoms with Crippen LogP contribution in [0, 0.1) is 0 Å². The van der Waals surface area contributed by atoms with Gasteiger partial charge in [0.1, 0.15) is 23.3 Å². The van der Waals surface area contributed by atoms with Gasteiger partial charge < -0.3 is 20.8 Å². The second kappa shape index (κ2) is 4.89. The second-order valence-corrected chi connectivity index (χ2v) is 5.40. The zero-order valence-electron chi connectivity index (χ0n) is 11.6. The minimum absolute atomic E-state index is 0.202. The van der Waals surface area contributed by atoms with Gasteiger partial charge in [0.05, 0.1) is 17.1 Å². The van der Waals surface area contributed by atoms with E-state index in [9.17, 15) is 0 Å². The Hall–Kier alpha value is -2.34. The highest BCUT2D eigenvalue weighted by Crippen LogP contribution is 2.33. The van der Waals surface area contributed by atoms with Gasteiger partial charge in [0.15, 0.2) is 0 Å². The van der Waals surface area contributed by atoms with Crippen LogP contribution in [0.5, 0.6) is 5.75 Å². The van der Waals surface area contributed by atoms with Gasteiger partial charge in [0.2, 0.25) is 0 Å². The number of rotatable bonds is 2. The topological polar surface area (TPSA) is 88.9 Å². The van der Waals surface area contributed by atoms with Crippen LogP contribution >= 0.6 is 0 Å². The van der Waals surface area contributed by atoms with Gasteiger partial charge in [-0.3, -0.25) is 0 Å². The maximum Gasteiger partial charge on any atom is 0.142 e. The predicted octanol–water partition coefficient (Wildman–Crippen LogP) is 1.82. The van der Waals surface area contributed by atoms with E-state index in [2.05, 4.69) is 20.3 Å². The number of nitrogens with two attached hydrogens (primary N) is 1. The minimum Gasteiger partial charge on any atom is -0.488 e. The molecular weight excluding hydrogens is 266 g/mol. The molecule has 0 unspecified atom stereocenters. The summed E-state index contributed by atoms with van der Waals surface area (Å²) in [5.74, 6) is 1.35. The normalized spacial score (nSPS) is 19.1. The predicted molar refractivity (Wildman–Crippen MR) is 82.3 cm³/mol. The molecule has 1 aliphatic heterocycles.